The van der Waals surface area contributed by atoms with Gasteiger partial charge in [0.25, 0.3) is 0 Å². The Bertz CT molecular complexity index is 1040. The maximum atomic E-state index is 13.0. The molecule has 4 rings (SSSR count). The Morgan fingerprint density at radius 3 is 2.70 bits per heavy atom. The number of hydrogen-bond donors (Lipinski definition) is 3. The van der Waals surface area contributed by atoms with E-state index in [1.54, 1.807) is 35.0 Å². The second kappa shape index (κ2) is 8.68. The van der Waals surface area contributed by atoms with E-state index in [4.69, 9.17) is 0 Å². The summed E-state index contributed by atoms with van der Waals surface area (Å²) in [6.45, 7) is 0.426. The predicted molar refractivity (Wildman–Crippen MR) is 106 cm³/mol. The van der Waals surface area contributed by atoms with Crippen LogP contribution in [0.15, 0.2) is 48.8 Å². The van der Waals surface area contributed by atoms with Gasteiger partial charge in [-0.1, -0.05) is 12.1 Å². The van der Waals surface area contributed by atoms with Gasteiger partial charge < -0.3 is 20.5 Å². The summed E-state index contributed by atoms with van der Waals surface area (Å²) in [5.74, 6) is 0.728. The van der Waals surface area contributed by atoms with E-state index in [1.165, 1.54) is 18.3 Å². The number of urea groups is 1. The van der Waals surface area contributed by atoms with Crippen molar-refractivity contribution in [2.24, 2.45) is 0 Å². The van der Waals surface area contributed by atoms with Crippen molar-refractivity contribution >= 4 is 17.6 Å². The summed E-state index contributed by atoms with van der Waals surface area (Å²) in [6, 6.07) is 8.56. The third-order valence-electron chi connectivity index (χ3n) is 4.80. The highest BCUT2D eigenvalue weighted by molar-refractivity contribution is 5.88. The molecule has 0 saturated heterocycles. The molecule has 3 N–H and O–H groups in total. The van der Waals surface area contributed by atoms with Crippen molar-refractivity contribution in [1.29, 1.82) is 0 Å². The quantitative estimate of drug-likeness (QED) is 0.576. The van der Waals surface area contributed by atoms with Crippen molar-refractivity contribution in [3.63, 3.8) is 0 Å². The first-order chi connectivity index (χ1) is 14.6. The Morgan fingerprint density at radius 2 is 1.93 bits per heavy atom. The first kappa shape index (κ1) is 19.5. The average Bonchev–Trinajstić information content (AvgIpc) is 3.35. The molecule has 30 heavy (non-hydrogen) atoms. The Hall–Kier alpha value is -3.82. The van der Waals surface area contributed by atoms with Crippen molar-refractivity contribution in [2.75, 3.05) is 5.32 Å². The van der Waals surface area contributed by atoms with E-state index in [2.05, 4.69) is 31.1 Å². The summed E-state index contributed by atoms with van der Waals surface area (Å²) in [4.78, 5) is 28.7. The number of rotatable bonds is 6. The van der Waals surface area contributed by atoms with Crippen LogP contribution in [0.1, 0.15) is 29.7 Å². The minimum absolute atomic E-state index is 0.126. The van der Waals surface area contributed by atoms with Gasteiger partial charge in [0.2, 0.25) is 5.91 Å². The van der Waals surface area contributed by atoms with Crippen molar-refractivity contribution in [3.8, 4) is 0 Å². The van der Waals surface area contributed by atoms with Gasteiger partial charge in [-0.2, -0.15) is 0 Å². The Kier molecular flexibility index (Phi) is 5.64. The summed E-state index contributed by atoms with van der Waals surface area (Å²) in [5, 5.41) is 16.5. The highest BCUT2D eigenvalue weighted by Crippen LogP contribution is 2.26. The van der Waals surface area contributed by atoms with Gasteiger partial charge in [-0.05, 0) is 36.2 Å². The van der Waals surface area contributed by atoms with E-state index in [0.29, 0.717) is 36.7 Å². The van der Waals surface area contributed by atoms with Crippen LogP contribution in [-0.4, -0.2) is 31.7 Å². The number of pyridine rings is 1. The van der Waals surface area contributed by atoms with Crippen molar-refractivity contribution in [1.82, 2.24) is 30.4 Å². The number of halogens is 1. The Morgan fingerprint density at radius 1 is 1.10 bits per heavy atom. The van der Waals surface area contributed by atoms with Gasteiger partial charge in [0.1, 0.15) is 17.7 Å². The van der Waals surface area contributed by atoms with E-state index in [0.717, 1.165) is 5.56 Å². The number of anilines is 1. The van der Waals surface area contributed by atoms with E-state index in [1.807, 2.05) is 0 Å². The van der Waals surface area contributed by atoms with E-state index < -0.39 is 12.1 Å². The molecule has 1 aliphatic heterocycles. The molecule has 0 radical (unpaired) electrons. The molecule has 0 saturated carbocycles. The van der Waals surface area contributed by atoms with E-state index in [9.17, 15) is 14.0 Å². The van der Waals surface area contributed by atoms with Gasteiger partial charge in [0.15, 0.2) is 5.82 Å². The second-order valence-corrected chi connectivity index (χ2v) is 6.85. The highest BCUT2D eigenvalue weighted by Gasteiger charge is 2.32. The Balaban J connectivity index is 1.36. The lowest BCUT2D eigenvalue weighted by atomic mass is 10.2. The zero-order chi connectivity index (χ0) is 20.9. The molecule has 1 unspecified atom stereocenters. The maximum absolute atomic E-state index is 13.0. The molecule has 154 valence electrons. The SMILES string of the molecule is O=C(NCc1nnc2n1C(C(=O)NCc1ccc(F)cc1)CC2)Nc1cccnc1. The molecule has 0 fully saturated rings. The smallest absolute Gasteiger partial charge is 0.319 e. The van der Waals surface area contributed by atoms with Gasteiger partial charge in [-0.3, -0.25) is 9.78 Å². The normalized spacial score (nSPS) is 14.8. The van der Waals surface area contributed by atoms with Crippen LogP contribution in [0.5, 0.6) is 0 Å². The molecular weight excluding hydrogens is 389 g/mol. The lowest BCUT2D eigenvalue weighted by Gasteiger charge is -2.16. The fraction of sp³-hybridized carbons (Fsp3) is 0.250. The highest BCUT2D eigenvalue weighted by atomic mass is 19.1. The third kappa shape index (κ3) is 4.43. The molecular formula is C20H20FN7O2. The standard InChI is InChI=1S/C20H20FN7O2/c21-14-5-3-13(4-6-14)10-23-19(29)16-7-8-17-26-27-18(28(16)17)12-24-20(30)25-15-2-1-9-22-11-15/h1-6,9,11,16H,7-8,10,12H2,(H,23,29)(H2,24,25,30). The zero-order valence-electron chi connectivity index (χ0n) is 16.0. The summed E-state index contributed by atoms with van der Waals surface area (Å²) in [5.41, 5.74) is 1.38. The first-order valence-corrected chi connectivity index (χ1v) is 9.50. The van der Waals surface area contributed by atoms with Crippen LogP contribution in [0, 0.1) is 5.82 Å². The molecule has 10 heteroatoms. The first-order valence-electron chi connectivity index (χ1n) is 9.50. The van der Waals surface area contributed by atoms with Crippen molar-refractivity contribution in [2.45, 2.75) is 32.0 Å². The largest absolute Gasteiger partial charge is 0.350 e. The zero-order valence-corrected chi connectivity index (χ0v) is 16.0. The molecule has 1 atom stereocenters. The van der Waals surface area contributed by atoms with Crippen LogP contribution in [0.25, 0.3) is 0 Å². The summed E-state index contributed by atoms with van der Waals surface area (Å²) >= 11 is 0. The van der Waals surface area contributed by atoms with Gasteiger partial charge >= 0.3 is 6.03 Å². The van der Waals surface area contributed by atoms with Crippen LogP contribution in [-0.2, 0) is 24.3 Å². The second-order valence-electron chi connectivity index (χ2n) is 6.85. The molecule has 3 aromatic rings. The number of nitrogens with zero attached hydrogens (tertiary/aromatic N) is 4. The molecule has 3 amide bonds. The minimum atomic E-state index is -0.450. The van der Waals surface area contributed by atoms with Crippen LogP contribution < -0.4 is 16.0 Å². The predicted octanol–water partition coefficient (Wildman–Crippen LogP) is 1.94. The van der Waals surface area contributed by atoms with Crippen LogP contribution >= 0.6 is 0 Å². The fourth-order valence-corrected chi connectivity index (χ4v) is 3.34. The Labute approximate surface area is 171 Å². The molecule has 9 nitrogen and oxygen atoms in total. The lowest BCUT2D eigenvalue weighted by Crippen LogP contribution is -2.33. The number of benzene rings is 1. The average molecular weight is 409 g/mol. The molecule has 0 bridgehead atoms. The minimum Gasteiger partial charge on any atom is -0.350 e. The summed E-state index contributed by atoms with van der Waals surface area (Å²) < 4.78 is 14.8. The lowest BCUT2D eigenvalue weighted by molar-refractivity contribution is -0.124. The van der Waals surface area contributed by atoms with Crippen LogP contribution in [0.2, 0.25) is 0 Å². The number of nitrogens with one attached hydrogen (secondary N) is 3. The molecule has 1 aromatic carbocycles. The molecule has 1 aliphatic rings. The number of fused-ring (bicyclic) bond motifs is 1. The van der Waals surface area contributed by atoms with Gasteiger partial charge in [0, 0.05) is 19.2 Å². The number of aromatic nitrogens is 4. The molecule has 0 spiro atoms. The maximum Gasteiger partial charge on any atom is 0.319 e. The van der Waals surface area contributed by atoms with Gasteiger partial charge in [-0.15, -0.1) is 10.2 Å². The van der Waals surface area contributed by atoms with Gasteiger partial charge in [0.05, 0.1) is 18.4 Å². The molecule has 2 aromatic heterocycles. The third-order valence-corrected chi connectivity index (χ3v) is 4.80. The summed E-state index contributed by atoms with van der Waals surface area (Å²) in [7, 11) is 0. The monoisotopic (exact) mass is 409 g/mol. The summed E-state index contributed by atoms with van der Waals surface area (Å²) in [6.07, 6.45) is 4.39. The van der Waals surface area contributed by atoms with Crippen LogP contribution in [0.4, 0.5) is 14.9 Å². The molecule has 3 heterocycles. The van der Waals surface area contributed by atoms with Crippen molar-refractivity contribution < 1.29 is 14.0 Å². The topological polar surface area (TPSA) is 114 Å². The number of aryl methyl sites for hydroxylation is 1. The number of amides is 3. The van der Waals surface area contributed by atoms with Crippen molar-refractivity contribution in [3.05, 3.63) is 71.8 Å². The number of hydrogen-bond acceptors (Lipinski definition) is 5. The molecule has 0 aliphatic carbocycles. The number of carbonyl (C=O) groups excluding carboxylic acids is 2. The van der Waals surface area contributed by atoms with Crippen LogP contribution in [0.3, 0.4) is 0 Å². The number of carbonyl (C=O) groups is 2. The van der Waals surface area contributed by atoms with Gasteiger partial charge in [-0.25, -0.2) is 9.18 Å². The van der Waals surface area contributed by atoms with E-state index >= 15 is 0 Å². The van der Waals surface area contributed by atoms with E-state index in [-0.39, 0.29) is 18.3 Å². The fourth-order valence-electron chi connectivity index (χ4n) is 3.34.